The number of rotatable bonds is 50. The molecule has 0 radical (unpaired) electrons. The summed E-state index contributed by atoms with van der Waals surface area (Å²) in [5, 5.41) is 0. The summed E-state index contributed by atoms with van der Waals surface area (Å²) in [4.78, 5) is 38.1. The van der Waals surface area contributed by atoms with E-state index in [2.05, 4.69) is 130 Å². The van der Waals surface area contributed by atoms with Crippen molar-refractivity contribution in [3.8, 4) is 0 Å². The molecule has 0 aliphatic rings. The van der Waals surface area contributed by atoms with E-state index in [0.29, 0.717) is 19.3 Å². The summed E-state index contributed by atoms with van der Waals surface area (Å²) in [6.45, 7) is 6.44. The van der Waals surface area contributed by atoms with Crippen LogP contribution in [-0.2, 0) is 28.6 Å². The summed E-state index contributed by atoms with van der Waals surface area (Å²) < 4.78 is 16.8. The predicted molar refractivity (Wildman–Crippen MR) is 297 cm³/mol. The largest absolute Gasteiger partial charge is 0.462 e. The van der Waals surface area contributed by atoms with Crippen LogP contribution in [0.1, 0.15) is 252 Å². The van der Waals surface area contributed by atoms with Gasteiger partial charge in [-0.2, -0.15) is 0 Å². The monoisotopic (exact) mass is 957 g/mol. The van der Waals surface area contributed by atoms with E-state index in [1.165, 1.54) is 77.0 Å². The number of carbonyl (C=O) groups is 3. The molecule has 0 aromatic rings. The summed E-state index contributed by atoms with van der Waals surface area (Å²) in [5.74, 6) is -0.966. The second-order valence-electron chi connectivity index (χ2n) is 18.5. The zero-order valence-electron chi connectivity index (χ0n) is 44.8. The van der Waals surface area contributed by atoms with Gasteiger partial charge in [0.25, 0.3) is 0 Å². The number of esters is 3. The number of allylic oxidation sites excluding steroid dienone is 18. The highest BCUT2D eigenvalue weighted by Crippen LogP contribution is 2.13. The molecule has 0 aromatic heterocycles. The minimum Gasteiger partial charge on any atom is -0.462 e. The second-order valence-corrected chi connectivity index (χ2v) is 18.5. The Bertz CT molecular complexity index is 1420. The molecule has 6 nitrogen and oxygen atoms in total. The number of ether oxygens (including phenoxy) is 3. The van der Waals surface area contributed by atoms with Gasteiger partial charge in [0.1, 0.15) is 13.2 Å². The Balaban J connectivity index is 4.51. The molecule has 6 heteroatoms. The minimum absolute atomic E-state index is 0.105. The van der Waals surface area contributed by atoms with Gasteiger partial charge in [0, 0.05) is 19.3 Å². The Kier molecular flexibility index (Phi) is 53.4. The maximum atomic E-state index is 12.8. The van der Waals surface area contributed by atoms with Crippen molar-refractivity contribution in [2.75, 3.05) is 13.2 Å². The first-order valence-electron chi connectivity index (χ1n) is 28.4. The summed E-state index contributed by atoms with van der Waals surface area (Å²) in [5.41, 5.74) is 0. The summed E-state index contributed by atoms with van der Waals surface area (Å²) in [6, 6.07) is 0. The van der Waals surface area contributed by atoms with Crippen LogP contribution < -0.4 is 0 Å². The Morgan fingerprint density at radius 1 is 0.304 bits per heavy atom. The highest BCUT2D eigenvalue weighted by atomic mass is 16.6. The van der Waals surface area contributed by atoms with E-state index in [9.17, 15) is 14.4 Å². The first kappa shape index (κ1) is 65.1. The lowest BCUT2D eigenvalue weighted by Gasteiger charge is -2.18. The zero-order chi connectivity index (χ0) is 50.0. The lowest BCUT2D eigenvalue weighted by molar-refractivity contribution is -0.167. The van der Waals surface area contributed by atoms with E-state index < -0.39 is 6.10 Å². The molecule has 0 spiro atoms. The van der Waals surface area contributed by atoms with Gasteiger partial charge >= 0.3 is 17.9 Å². The SMILES string of the molecule is CC/C=C\C/C=C\C/C=C\C/C=C\C/C=C\CCCCCC(=O)OC[C@H](COC(=O)CCCCCC/C=C\C/C=C\C/C=C\CCCCC)OC(=O)CCCCCCC/C=C\CCCCCCCC. The molecule has 0 bridgehead atoms. The van der Waals surface area contributed by atoms with Crippen molar-refractivity contribution in [2.24, 2.45) is 0 Å². The van der Waals surface area contributed by atoms with Gasteiger partial charge in [-0.15, -0.1) is 0 Å². The van der Waals surface area contributed by atoms with Crippen LogP contribution in [0, 0.1) is 0 Å². The number of unbranched alkanes of at least 4 members (excludes halogenated alkanes) is 21. The van der Waals surface area contributed by atoms with Crippen LogP contribution in [0.25, 0.3) is 0 Å². The fourth-order valence-electron chi connectivity index (χ4n) is 7.47. The van der Waals surface area contributed by atoms with E-state index >= 15 is 0 Å². The molecule has 0 fully saturated rings. The topological polar surface area (TPSA) is 78.9 Å². The van der Waals surface area contributed by atoms with Gasteiger partial charge in [0.05, 0.1) is 0 Å². The van der Waals surface area contributed by atoms with Crippen molar-refractivity contribution in [1.82, 2.24) is 0 Å². The standard InChI is InChI=1S/C63H104O6/c1-4-7-10-13-16-19-22-25-28-30-31-33-36-38-41-44-47-50-53-56-62(65)68-59-60(69-63(66)57-54-51-48-45-42-39-34-27-24-21-18-15-12-9-6-3)58-67-61(64)55-52-49-46-43-40-37-35-32-29-26-23-20-17-14-11-8-5-2/h7,10,16-17,19-20,25-29,31,33-35,37-38,41,60H,4-6,8-9,11-15,18,21-24,30,32,36,39-40,42-59H2,1-3H3/b10-7-,19-16-,20-17-,28-25-,29-26-,33-31-,34-27-,37-35-,41-38-/t60-/m0/s1. The molecule has 1 atom stereocenters. The normalized spacial score (nSPS) is 12.9. The third-order valence-corrected chi connectivity index (χ3v) is 11.7. The van der Waals surface area contributed by atoms with Gasteiger partial charge in [-0.1, -0.05) is 214 Å². The molecule has 0 rings (SSSR count). The van der Waals surface area contributed by atoms with E-state index in [1.54, 1.807) is 0 Å². The van der Waals surface area contributed by atoms with Gasteiger partial charge in [0.2, 0.25) is 0 Å². The molecule has 0 amide bonds. The first-order chi connectivity index (χ1) is 34.0. The minimum atomic E-state index is -0.808. The molecule has 0 aliphatic heterocycles. The van der Waals surface area contributed by atoms with Crippen molar-refractivity contribution in [2.45, 2.75) is 258 Å². The molecular weight excluding hydrogens is 853 g/mol. The number of hydrogen-bond donors (Lipinski definition) is 0. The lowest BCUT2D eigenvalue weighted by Crippen LogP contribution is -2.30. The first-order valence-corrected chi connectivity index (χ1v) is 28.4. The third-order valence-electron chi connectivity index (χ3n) is 11.7. The average Bonchev–Trinajstić information content (AvgIpc) is 3.35. The van der Waals surface area contributed by atoms with Gasteiger partial charge in [-0.25, -0.2) is 0 Å². The van der Waals surface area contributed by atoms with Gasteiger partial charge in [-0.3, -0.25) is 14.4 Å². The molecule has 0 heterocycles. The Hall–Kier alpha value is -3.93. The van der Waals surface area contributed by atoms with E-state index in [1.807, 2.05) is 0 Å². The smallest absolute Gasteiger partial charge is 0.306 e. The number of carbonyl (C=O) groups excluding carboxylic acids is 3. The Morgan fingerprint density at radius 2 is 0.565 bits per heavy atom. The van der Waals surface area contributed by atoms with Crippen molar-refractivity contribution >= 4 is 17.9 Å². The molecule has 0 aliphatic carbocycles. The molecule has 392 valence electrons. The van der Waals surface area contributed by atoms with Crippen molar-refractivity contribution in [3.63, 3.8) is 0 Å². The summed E-state index contributed by atoms with van der Waals surface area (Å²) >= 11 is 0. The lowest BCUT2D eigenvalue weighted by atomic mass is 10.1. The Morgan fingerprint density at radius 3 is 0.942 bits per heavy atom. The van der Waals surface area contributed by atoms with E-state index in [-0.39, 0.29) is 31.1 Å². The highest BCUT2D eigenvalue weighted by molar-refractivity contribution is 5.71. The van der Waals surface area contributed by atoms with Crippen molar-refractivity contribution < 1.29 is 28.6 Å². The highest BCUT2D eigenvalue weighted by Gasteiger charge is 2.19. The molecule has 0 unspecified atom stereocenters. The van der Waals surface area contributed by atoms with Crippen LogP contribution in [-0.4, -0.2) is 37.2 Å². The van der Waals surface area contributed by atoms with Crippen LogP contribution in [0.5, 0.6) is 0 Å². The van der Waals surface area contributed by atoms with E-state index in [0.717, 1.165) is 135 Å². The predicted octanol–water partition coefficient (Wildman–Crippen LogP) is 19.1. The van der Waals surface area contributed by atoms with Crippen molar-refractivity contribution in [3.05, 3.63) is 109 Å². The molecule has 0 aromatic carbocycles. The zero-order valence-corrected chi connectivity index (χ0v) is 44.8. The summed E-state index contributed by atoms with van der Waals surface area (Å²) in [7, 11) is 0. The fraction of sp³-hybridized carbons (Fsp3) is 0.667. The van der Waals surface area contributed by atoms with Crippen LogP contribution in [0.15, 0.2) is 109 Å². The molecule has 0 saturated heterocycles. The van der Waals surface area contributed by atoms with Crippen LogP contribution in [0.2, 0.25) is 0 Å². The average molecular weight is 958 g/mol. The van der Waals surface area contributed by atoms with Crippen molar-refractivity contribution in [1.29, 1.82) is 0 Å². The maximum Gasteiger partial charge on any atom is 0.306 e. The van der Waals surface area contributed by atoms with Gasteiger partial charge in [0.15, 0.2) is 6.10 Å². The summed E-state index contributed by atoms with van der Waals surface area (Å²) in [6.07, 6.45) is 76.4. The number of hydrogen-bond acceptors (Lipinski definition) is 6. The fourth-order valence-corrected chi connectivity index (χ4v) is 7.47. The van der Waals surface area contributed by atoms with Gasteiger partial charge < -0.3 is 14.2 Å². The third kappa shape index (κ3) is 54.9. The molecular formula is C63H104O6. The van der Waals surface area contributed by atoms with Gasteiger partial charge in [-0.05, 0) is 128 Å². The van der Waals surface area contributed by atoms with Crippen LogP contribution in [0.4, 0.5) is 0 Å². The second kappa shape index (κ2) is 56.7. The van der Waals surface area contributed by atoms with Crippen LogP contribution >= 0.6 is 0 Å². The molecule has 0 N–H and O–H groups in total. The maximum absolute atomic E-state index is 12.8. The quantitative estimate of drug-likeness (QED) is 0.0262. The molecule has 0 saturated carbocycles. The van der Waals surface area contributed by atoms with Crippen LogP contribution in [0.3, 0.4) is 0 Å². The van der Waals surface area contributed by atoms with E-state index in [4.69, 9.17) is 14.2 Å². The molecule has 69 heavy (non-hydrogen) atoms. The Labute approximate surface area is 425 Å².